The van der Waals surface area contributed by atoms with Crippen LogP contribution in [0.1, 0.15) is 11.1 Å². The topological polar surface area (TPSA) is 99.9 Å². The van der Waals surface area contributed by atoms with Crippen LogP contribution in [0.2, 0.25) is 0 Å². The summed E-state index contributed by atoms with van der Waals surface area (Å²) in [7, 11) is 1.55. The van der Waals surface area contributed by atoms with Gasteiger partial charge in [0.1, 0.15) is 25.0 Å². The first-order valence-electron chi connectivity index (χ1n) is 8.99. The van der Waals surface area contributed by atoms with E-state index in [9.17, 15) is 9.59 Å². The number of benzene rings is 2. The van der Waals surface area contributed by atoms with Gasteiger partial charge in [0.25, 0.3) is 0 Å². The minimum absolute atomic E-state index is 0.153. The van der Waals surface area contributed by atoms with Crippen molar-refractivity contribution >= 4 is 11.8 Å². The highest BCUT2D eigenvalue weighted by molar-refractivity contribution is 5.87. The van der Waals surface area contributed by atoms with Crippen molar-refractivity contribution in [1.82, 2.24) is 5.32 Å². The summed E-state index contributed by atoms with van der Waals surface area (Å²) in [5, 5.41) is 2.59. The van der Waals surface area contributed by atoms with E-state index in [1.54, 1.807) is 7.11 Å². The van der Waals surface area contributed by atoms with Crippen LogP contribution in [0.4, 0.5) is 0 Å². The average Bonchev–Trinajstić information content (AvgIpc) is 2.71. The molecule has 0 unspecified atom stereocenters. The van der Waals surface area contributed by atoms with Gasteiger partial charge in [-0.3, -0.25) is 9.59 Å². The fraction of sp³-hybridized carbons (Fsp3) is 0.333. The zero-order valence-electron chi connectivity index (χ0n) is 15.9. The quantitative estimate of drug-likeness (QED) is 0.538. The van der Waals surface area contributed by atoms with Crippen LogP contribution in [-0.4, -0.2) is 44.8 Å². The van der Waals surface area contributed by atoms with E-state index in [1.165, 1.54) is 0 Å². The second kappa shape index (κ2) is 11.7. The molecule has 150 valence electrons. The number of rotatable bonds is 12. The van der Waals surface area contributed by atoms with Crippen molar-refractivity contribution in [3.05, 3.63) is 65.7 Å². The smallest absolute Gasteiger partial charge is 0.246 e. The second-order valence-electron chi connectivity index (χ2n) is 6.19. The van der Waals surface area contributed by atoms with E-state index in [-0.39, 0.29) is 13.0 Å². The highest BCUT2D eigenvalue weighted by Crippen LogP contribution is 2.15. The fourth-order valence-electron chi connectivity index (χ4n) is 2.46. The van der Waals surface area contributed by atoms with Gasteiger partial charge in [-0.25, -0.2) is 0 Å². The third kappa shape index (κ3) is 7.77. The van der Waals surface area contributed by atoms with Crippen LogP contribution in [0, 0.1) is 0 Å². The maximum atomic E-state index is 11.9. The lowest BCUT2D eigenvalue weighted by Crippen LogP contribution is -2.47. The predicted molar refractivity (Wildman–Crippen MR) is 105 cm³/mol. The number of nitrogens with one attached hydrogen (secondary N) is 1. The molecular formula is C21H26N2O5. The molecule has 7 heteroatoms. The van der Waals surface area contributed by atoms with Gasteiger partial charge >= 0.3 is 0 Å². The number of nitrogens with two attached hydrogens (primary N) is 1. The molecule has 2 amide bonds. The number of carbonyl (C=O) groups is 2. The molecule has 2 aromatic rings. The van der Waals surface area contributed by atoms with E-state index in [2.05, 4.69) is 5.32 Å². The molecule has 3 N–H and O–H groups in total. The van der Waals surface area contributed by atoms with Gasteiger partial charge in [0.05, 0.1) is 13.2 Å². The second-order valence-corrected chi connectivity index (χ2v) is 6.19. The molecule has 0 bridgehead atoms. The van der Waals surface area contributed by atoms with Gasteiger partial charge in [-0.15, -0.1) is 0 Å². The summed E-state index contributed by atoms with van der Waals surface area (Å²) in [6.07, 6.45) is 0.290. The molecular weight excluding hydrogens is 360 g/mol. The highest BCUT2D eigenvalue weighted by Gasteiger charge is 2.18. The van der Waals surface area contributed by atoms with Gasteiger partial charge in [0.2, 0.25) is 11.8 Å². The maximum absolute atomic E-state index is 11.9. The Bertz CT molecular complexity index is 734. The molecule has 7 nitrogen and oxygen atoms in total. The lowest BCUT2D eigenvalue weighted by Gasteiger charge is -2.16. The van der Waals surface area contributed by atoms with Gasteiger partial charge in [0.15, 0.2) is 0 Å². The monoisotopic (exact) mass is 386 g/mol. The first-order chi connectivity index (χ1) is 13.6. The molecule has 0 heterocycles. The van der Waals surface area contributed by atoms with Crippen LogP contribution in [-0.2, 0) is 32.1 Å². The van der Waals surface area contributed by atoms with Gasteiger partial charge < -0.3 is 25.3 Å². The molecule has 0 fully saturated rings. The minimum atomic E-state index is -0.811. The number of hydrogen-bond donors (Lipinski definition) is 2. The Morgan fingerprint density at radius 3 is 2.36 bits per heavy atom. The molecule has 0 saturated carbocycles. The number of primary amides is 1. The number of hydrogen-bond acceptors (Lipinski definition) is 5. The molecule has 0 aliphatic carbocycles. The largest absolute Gasteiger partial charge is 0.489 e. The van der Waals surface area contributed by atoms with Crippen LogP contribution in [0.3, 0.4) is 0 Å². The van der Waals surface area contributed by atoms with Crippen LogP contribution >= 0.6 is 0 Å². The Balaban J connectivity index is 1.83. The van der Waals surface area contributed by atoms with E-state index in [1.807, 2.05) is 54.6 Å². The molecule has 0 aliphatic rings. The van der Waals surface area contributed by atoms with Crippen molar-refractivity contribution in [2.45, 2.75) is 19.1 Å². The predicted octanol–water partition coefficient (Wildman–Crippen LogP) is 1.44. The molecule has 0 aliphatic heterocycles. The number of carbonyl (C=O) groups excluding carboxylic acids is 2. The standard InChI is InChI=1S/C21H26N2O5/c1-26-11-12-27-15-20(24)23-19(21(22)25)13-16-7-9-18(10-8-16)28-14-17-5-3-2-4-6-17/h2-10,19H,11-15H2,1H3,(H2,22,25)(H,23,24)/t19-/m0/s1. The molecule has 28 heavy (non-hydrogen) atoms. The summed E-state index contributed by atoms with van der Waals surface area (Å²) in [6, 6.07) is 16.4. The summed E-state index contributed by atoms with van der Waals surface area (Å²) in [6.45, 7) is 1.02. The van der Waals surface area contributed by atoms with Gasteiger partial charge in [0, 0.05) is 13.5 Å². The number of methoxy groups -OCH3 is 1. The Labute approximate surface area is 164 Å². The van der Waals surface area contributed by atoms with Crippen molar-refractivity contribution in [3.8, 4) is 5.75 Å². The molecule has 0 aromatic heterocycles. The van der Waals surface area contributed by atoms with Crippen LogP contribution < -0.4 is 15.8 Å². The van der Waals surface area contributed by atoms with Crippen molar-refractivity contribution in [2.24, 2.45) is 5.73 Å². The van der Waals surface area contributed by atoms with E-state index in [4.69, 9.17) is 19.9 Å². The van der Waals surface area contributed by atoms with E-state index >= 15 is 0 Å². The third-order valence-electron chi connectivity index (χ3n) is 3.96. The van der Waals surface area contributed by atoms with Gasteiger partial charge in [-0.2, -0.15) is 0 Å². The van der Waals surface area contributed by atoms with Crippen molar-refractivity contribution in [1.29, 1.82) is 0 Å². The summed E-state index contributed by atoms with van der Waals surface area (Å²) >= 11 is 0. The number of amides is 2. The molecule has 0 saturated heterocycles. The molecule has 2 aromatic carbocycles. The van der Waals surface area contributed by atoms with E-state index in [0.717, 1.165) is 16.9 Å². The molecule has 1 atom stereocenters. The minimum Gasteiger partial charge on any atom is -0.489 e. The molecule has 2 rings (SSSR count). The van der Waals surface area contributed by atoms with E-state index < -0.39 is 17.9 Å². The zero-order valence-corrected chi connectivity index (χ0v) is 15.9. The first kappa shape index (κ1) is 21.4. The lowest BCUT2D eigenvalue weighted by molar-refractivity contribution is -0.130. The first-order valence-corrected chi connectivity index (χ1v) is 8.99. The highest BCUT2D eigenvalue weighted by atomic mass is 16.5. The average molecular weight is 386 g/mol. The summed E-state index contributed by atoms with van der Waals surface area (Å²) < 4.78 is 15.7. The molecule has 0 spiro atoms. The van der Waals surface area contributed by atoms with Gasteiger partial charge in [-0.05, 0) is 23.3 Å². The maximum Gasteiger partial charge on any atom is 0.246 e. The van der Waals surface area contributed by atoms with E-state index in [0.29, 0.717) is 19.8 Å². The summed E-state index contributed by atoms with van der Waals surface area (Å²) in [5.41, 5.74) is 7.35. The van der Waals surface area contributed by atoms with Crippen LogP contribution in [0.5, 0.6) is 5.75 Å². The zero-order chi connectivity index (χ0) is 20.2. The Morgan fingerprint density at radius 1 is 1.00 bits per heavy atom. The van der Waals surface area contributed by atoms with Gasteiger partial charge in [-0.1, -0.05) is 42.5 Å². The van der Waals surface area contributed by atoms with Crippen LogP contribution in [0.15, 0.2) is 54.6 Å². The lowest BCUT2D eigenvalue weighted by atomic mass is 10.1. The Kier molecular flexibility index (Phi) is 8.97. The Hall–Kier alpha value is -2.90. The van der Waals surface area contributed by atoms with Crippen molar-refractivity contribution in [2.75, 3.05) is 26.9 Å². The van der Waals surface area contributed by atoms with Crippen molar-refractivity contribution < 1.29 is 23.8 Å². The normalized spacial score (nSPS) is 11.6. The summed E-state index contributed by atoms with van der Waals surface area (Å²) in [4.78, 5) is 23.5. The van der Waals surface area contributed by atoms with Crippen molar-refractivity contribution in [3.63, 3.8) is 0 Å². The Morgan fingerprint density at radius 2 is 1.71 bits per heavy atom. The van der Waals surface area contributed by atoms with Crippen LogP contribution in [0.25, 0.3) is 0 Å². The molecule has 0 radical (unpaired) electrons. The third-order valence-corrected chi connectivity index (χ3v) is 3.96. The fourth-order valence-corrected chi connectivity index (χ4v) is 2.46. The SMILES string of the molecule is COCCOCC(=O)N[C@@H](Cc1ccc(OCc2ccccc2)cc1)C(N)=O. The summed E-state index contributed by atoms with van der Waals surface area (Å²) in [5.74, 6) is -0.281. The number of ether oxygens (including phenoxy) is 3.